The van der Waals surface area contributed by atoms with Crippen LogP contribution in [-0.4, -0.2) is 18.5 Å². The maximum absolute atomic E-state index is 6.18. The Labute approximate surface area is 179 Å². The number of nitrogens with zero attached hydrogens (tertiary/aromatic N) is 1. The van der Waals surface area contributed by atoms with E-state index in [1.54, 1.807) is 0 Å². The summed E-state index contributed by atoms with van der Waals surface area (Å²) < 4.78 is 7.20. The molecule has 0 saturated heterocycles. The average Bonchev–Trinajstić information content (AvgIpc) is 2.66. The van der Waals surface area contributed by atoms with Crippen LogP contribution < -0.4 is 0 Å². The number of aryl methyl sites for hydroxylation is 1. The van der Waals surface area contributed by atoms with Gasteiger partial charge in [-0.3, -0.25) is 0 Å². The summed E-state index contributed by atoms with van der Waals surface area (Å²) >= 11 is 3.78. The van der Waals surface area contributed by atoms with Crippen molar-refractivity contribution in [2.45, 2.75) is 54.1 Å². The molecule has 152 valence electrons. The Morgan fingerprint density at radius 2 is 2.07 bits per heavy atom. The monoisotopic (exact) mass is 443 g/mol. The molecular formula is C25H34BrNO. The number of halogens is 1. The van der Waals surface area contributed by atoms with Gasteiger partial charge in [0.2, 0.25) is 0 Å². The summed E-state index contributed by atoms with van der Waals surface area (Å²) in [5.41, 5.74) is 6.67. The molecule has 3 heteroatoms. The second-order valence-corrected chi connectivity index (χ2v) is 8.64. The quantitative estimate of drug-likeness (QED) is 0.438. The van der Waals surface area contributed by atoms with Gasteiger partial charge in [0.1, 0.15) is 12.4 Å². The van der Waals surface area contributed by atoms with E-state index < -0.39 is 0 Å². The molecule has 0 aromatic heterocycles. The van der Waals surface area contributed by atoms with E-state index in [-0.39, 0.29) is 0 Å². The zero-order valence-corrected chi connectivity index (χ0v) is 19.8. The van der Waals surface area contributed by atoms with Crippen molar-refractivity contribution in [1.29, 1.82) is 0 Å². The number of rotatable bonds is 7. The van der Waals surface area contributed by atoms with Gasteiger partial charge in [-0.15, -0.1) is 0 Å². The minimum Gasteiger partial charge on any atom is -0.488 e. The second-order valence-electron chi connectivity index (χ2n) is 7.78. The van der Waals surface area contributed by atoms with E-state index >= 15 is 0 Å². The van der Waals surface area contributed by atoms with Crippen molar-refractivity contribution in [3.63, 3.8) is 0 Å². The highest BCUT2D eigenvalue weighted by molar-refractivity contribution is 9.12. The van der Waals surface area contributed by atoms with Crippen LogP contribution in [0, 0.1) is 12.8 Å². The van der Waals surface area contributed by atoms with E-state index in [9.17, 15) is 0 Å². The van der Waals surface area contributed by atoms with Crippen LogP contribution in [-0.2, 0) is 11.3 Å². The highest BCUT2D eigenvalue weighted by Gasteiger charge is 2.16. The smallest absolute Gasteiger partial charge is 0.130 e. The summed E-state index contributed by atoms with van der Waals surface area (Å²) in [5, 5.41) is 0. The van der Waals surface area contributed by atoms with Crippen molar-refractivity contribution in [2.24, 2.45) is 5.92 Å². The first-order valence-corrected chi connectivity index (χ1v) is 10.9. The predicted octanol–water partition coefficient (Wildman–Crippen LogP) is 7.28. The van der Waals surface area contributed by atoms with Crippen molar-refractivity contribution in [2.75, 3.05) is 13.6 Å². The molecule has 0 amide bonds. The lowest BCUT2D eigenvalue weighted by Crippen LogP contribution is -2.13. The van der Waals surface area contributed by atoms with Gasteiger partial charge < -0.3 is 9.64 Å². The normalized spacial score (nSPS) is 16.8. The van der Waals surface area contributed by atoms with E-state index in [1.807, 2.05) is 0 Å². The third-order valence-electron chi connectivity index (χ3n) is 5.41. The Morgan fingerprint density at radius 3 is 2.75 bits per heavy atom. The third kappa shape index (κ3) is 6.41. The predicted molar refractivity (Wildman–Crippen MR) is 124 cm³/mol. The Morgan fingerprint density at radius 1 is 1.32 bits per heavy atom. The van der Waals surface area contributed by atoms with Crippen LogP contribution in [0.1, 0.15) is 51.7 Å². The first-order valence-electron chi connectivity index (χ1n) is 10.2. The Hall–Kier alpha value is -1.74. The molecule has 1 aromatic carbocycles. The molecular weight excluding hydrogens is 410 g/mol. The second kappa shape index (κ2) is 10.7. The van der Waals surface area contributed by atoms with Gasteiger partial charge in [-0.25, -0.2) is 0 Å². The van der Waals surface area contributed by atoms with Gasteiger partial charge in [-0.1, -0.05) is 47.9 Å². The summed E-state index contributed by atoms with van der Waals surface area (Å²) in [4.78, 5) is 2.24. The SMILES string of the molecule is CCN(C)C=C(C)C(C)C1=C(C)CCC=C(OCc2cccc(C)c2)C(Br)=C1. The fourth-order valence-electron chi connectivity index (χ4n) is 3.37. The summed E-state index contributed by atoms with van der Waals surface area (Å²) in [6.45, 7) is 12.7. The van der Waals surface area contributed by atoms with Crippen molar-refractivity contribution < 1.29 is 4.74 Å². The Kier molecular flexibility index (Phi) is 8.62. The van der Waals surface area contributed by atoms with Crippen molar-refractivity contribution in [1.82, 2.24) is 4.90 Å². The molecule has 0 aliphatic heterocycles. The number of hydrogen-bond donors (Lipinski definition) is 0. The summed E-state index contributed by atoms with van der Waals surface area (Å²) in [6.07, 6.45) is 8.77. The Balaban J connectivity index is 2.20. The lowest BCUT2D eigenvalue weighted by molar-refractivity contribution is 0.208. The summed E-state index contributed by atoms with van der Waals surface area (Å²) in [6, 6.07) is 8.49. The molecule has 1 aliphatic carbocycles. The lowest BCUT2D eigenvalue weighted by atomic mass is 9.88. The van der Waals surface area contributed by atoms with Crippen LogP contribution in [0.3, 0.4) is 0 Å². The van der Waals surface area contributed by atoms with Gasteiger partial charge in [-0.05, 0) is 86.0 Å². The maximum Gasteiger partial charge on any atom is 0.130 e. The molecule has 1 unspecified atom stereocenters. The van der Waals surface area contributed by atoms with Gasteiger partial charge in [-0.2, -0.15) is 0 Å². The minimum absolute atomic E-state index is 0.373. The highest BCUT2D eigenvalue weighted by atomic mass is 79.9. The molecule has 1 aromatic rings. The molecule has 0 N–H and O–H groups in total. The average molecular weight is 444 g/mol. The molecule has 1 atom stereocenters. The number of ether oxygens (including phenoxy) is 1. The molecule has 0 bridgehead atoms. The van der Waals surface area contributed by atoms with Crippen molar-refractivity contribution in [3.05, 3.63) is 80.7 Å². The molecule has 0 fully saturated rings. The van der Waals surface area contributed by atoms with Crippen LogP contribution in [0.2, 0.25) is 0 Å². The van der Waals surface area contributed by atoms with Crippen LogP contribution >= 0.6 is 15.9 Å². The van der Waals surface area contributed by atoms with Crippen molar-refractivity contribution in [3.8, 4) is 0 Å². The maximum atomic E-state index is 6.18. The zero-order valence-electron chi connectivity index (χ0n) is 18.2. The van der Waals surface area contributed by atoms with E-state index in [4.69, 9.17) is 4.74 Å². The van der Waals surface area contributed by atoms with Crippen LogP contribution in [0.25, 0.3) is 0 Å². The fraction of sp³-hybridized carbons (Fsp3) is 0.440. The van der Waals surface area contributed by atoms with Gasteiger partial charge in [0.15, 0.2) is 0 Å². The van der Waals surface area contributed by atoms with Gasteiger partial charge in [0, 0.05) is 19.5 Å². The topological polar surface area (TPSA) is 12.5 Å². The van der Waals surface area contributed by atoms with Gasteiger partial charge in [0.05, 0.1) is 4.48 Å². The number of allylic oxidation sites excluding steroid dienone is 6. The standard InChI is InChI=1S/C25H34BrNO/c1-7-27(6)16-20(4)21(5)23-15-24(26)25(13-9-11-19(23)3)28-17-22-12-8-10-18(2)14-22/h8,10,12-16,21H,7,9,11,17H2,1-6H3. The van der Waals surface area contributed by atoms with Gasteiger partial charge >= 0.3 is 0 Å². The molecule has 2 nitrogen and oxygen atoms in total. The molecule has 0 saturated carbocycles. The highest BCUT2D eigenvalue weighted by Crippen LogP contribution is 2.33. The zero-order chi connectivity index (χ0) is 20.7. The van der Waals surface area contributed by atoms with E-state index in [2.05, 4.69) is 105 Å². The molecule has 0 radical (unpaired) electrons. The van der Waals surface area contributed by atoms with Crippen LogP contribution in [0.4, 0.5) is 0 Å². The first kappa shape index (κ1) is 22.5. The lowest BCUT2D eigenvalue weighted by Gasteiger charge is -2.22. The van der Waals surface area contributed by atoms with E-state index in [0.717, 1.165) is 29.6 Å². The number of hydrogen-bond acceptors (Lipinski definition) is 2. The number of benzene rings is 1. The van der Waals surface area contributed by atoms with Crippen molar-refractivity contribution >= 4 is 15.9 Å². The van der Waals surface area contributed by atoms with E-state index in [0.29, 0.717) is 12.5 Å². The Bertz CT molecular complexity index is 801. The molecule has 28 heavy (non-hydrogen) atoms. The van der Waals surface area contributed by atoms with Gasteiger partial charge in [0.25, 0.3) is 0 Å². The van der Waals surface area contributed by atoms with Crippen LogP contribution in [0.15, 0.2) is 69.6 Å². The van der Waals surface area contributed by atoms with Crippen LogP contribution in [0.5, 0.6) is 0 Å². The molecule has 1 aliphatic rings. The third-order valence-corrected chi connectivity index (χ3v) is 6.03. The summed E-state index contributed by atoms with van der Waals surface area (Å²) in [5.74, 6) is 1.31. The molecule has 0 spiro atoms. The first-order chi connectivity index (χ1) is 13.3. The fourth-order valence-corrected chi connectivity index (χ4v) is 3.90. The minimum atomic E-state index is 0.373. The summed E-state index contributed by atoms with van der Waals surface area (Å²) in [7, 11) is 2.13. The molecule has 0 heterocycles. The largest absolute Gasteiger partial charge is 0.488 e. The van der Waals surface area contributed by atoms with E-state index in [1.165, 1.54) is 27.8 Å². The molecule has 2 rings (SSSR count).